The highest BCUT2D eigenvalue weighted by Crippen LogP contribution is 2.47. The van der Waals surface area contributed by atoms with Crippen LogP contribution in [0.5, 0.6) is 0 Å². The maximum atomic E-state index is 12.5. The van der Waals surface area contributed by atoms with Crippen molar-refractivity contribution < 1.29 is 14.4 Å². The summed E-state index contributed by atoms with van der Waals surface area (Å²) >= 11 is 0. The Morgan fingerprint density at radius 2 is 2.00 bits per heavy atom. The number of amides is 2. The van der Waals surface area contributed by atoms with E-state index in [0.29, 0.717) is 25.3 Å². The predicted octanol–water partition coefficient (Wildman–Crippen LogP) is 1.25. The number of likely N-dealkylation sites (tertiary alicyclic amines) is 1. The fraction of sp³-hybridized carbons (Fsp3) is 0.800. The molecular weight excluding hydrogens is 256 g/mol. The van der Waals surface area contributed by atoms with Gasteiger partial charge in [0.2, 0.25) is 11.8 Å². The van der Waals surface area contributed by atoms with Crippen molar-refractivity contribution in [2.75, 3.05) is 6.54 Å². The van der Waals surface area contributed by atoms with Gasteiger partial charge in [-0.15, -0.1) is 0 Å². The van der Waals surface area contributed by atoms with Crippen LogP contribution in [0.3, 0.4) is 0 Å². The Morgan fingerprint density at radius 3 is 2.45 bits per heavy atom. The summed E-state index contributed by atoms with van der Waals surface area (Å²) in [4.78, 5) is 36.6. The van der Waals surface area contributed by atoms with Crippen molar-refractivity contribution in [3.63, 3.8) is 0 Å². The molecule has 1 aliphatic carbocycles. The largest absolute Gasteiger partial charge is 0.368 e. The van der Waals surface area contributed by atoms with Crippen molar-refractivity contribution in [1.29, 1.82) is 0 Å². The second kappa shape index (κ2) is 5.54. The molecule has 1 atom stereocenters. The third-order valence-corrected chi connectivity index (χ3v) is 4.89. The third kappa shape index (κ3) is 2.72. The summed E-state index contributed by atoms with van der Waals surface area (Å²) < 4.78 is 0. The van der Waals surface area contributed by atoms with Gasteiger partial charge in [-0.3, -0.25) is 9.59 Å². The lowest BCUT2D eigenvalue weighted by Gasteiger charge is -2.53. The third-order valence-electron chi connectivity index (χ3n) is 4.89. The fourth-order valence-corrected chi connectivity index (χ4v) is 3.41. The molecule has 5 heteroatoms. The molecule has 1 unspecified atom stereocenters. The van der Waals surface area contributed by atoms with Gasteiger partial charge in [0, 0.05) is 13.0 Å². The molecule has 1 spiro atoms. The van der Waals surface area contributed by atoms with Gasteiger partial charge in [0.05, 0.1) is 5.41 Å². The van der Waals surface area contributed by atoms with E-state index in [1.54, 1.807) is 4.90 Å². The molecule has 1 saturated heterocycles. The minimum atomic E-state index is -0.614. The Hall–Kier alpha value is -1.39. The van der Waals surface area contributed by atoms with E-state index in [2.05, 4.69) is 6.92 Å². The smallest absolute Gasteiger partial charge is 0.240 e. The molecule has 1 aliphatic heterocycles. The van der Waals surface area contributed by atoms with Gasteiger partial charge >= 0.3 is 0 Å². The van der Waals surface area contributed by atoms with Crippen molar-refractivity contribution >= 4 is 17.6 Å². The first-order valence-corrected chi connectivity index (χ1v) is 7.45. The summed E-state index contributed by atoms with van der Waals surface area (Å²) in [6.07, 6.45) is 4.64. The number of nitrogens with two attached hydrogens (primary N) is 1. The van der Waals surface area contributed by atoms with Crippen LogP contribution in [-0.2, 0) is 14.4 Å². The maximum Gasteiger partial charge on any atom is 0.240 e. The Morgan fingerprint density at radius 1 is 1.40 bits per heavy atom. The molecule has 2 N–H and O–H groups in total. The zero-order valence-electron chi connectivity index (χ0n) is 12.4. The second-order valence-electron chi connectivity index (χ2n) is 6.55. The molecule has 112 valence electrons. The summed E-state index contributed by atoms with van der Waals surface area (Å²) in [5.74, 6) is 0.271. The number of hydrogen-bond donors (Lipinski definition) is 1. The number of carbonyl (C=O) groups is 3. The number of carbonyl (C=O) groups excluding carboxylic acids is 3. The van der Waals surface area contributed by atoms with Crippen molar-refractivity contribution in [2.45, 2.75) is 58.4 Å². The molecule has 1 saturated carbocycles. The molecule has 0 aromatic carbocycles. The van der Waals surface area contributed by atoms with Crippen molar-refractivity contribution in [1.82, 2.24) is 4.90 Å². The lowest BCUT2D eigenvalue weighted by atomic mass is 9.65. The summed E-state index contributed by atoms with van der Waals surface area (Å²) in [5, 5.41) is 0. The molecule has 20 heavy (non-hydrogen) atoms. The van der Waals surface area contributed by atoms with E-state index >= 15 is 0 Å². The minimum absolute atomic E-state index is 0.0189. The molecular formula is C15H24N2O3. The van der Waals surface area contributed by atoms with Gasteiger partial charge in [0.15, 0.2) is 0 Å². The Bertz CT molecular complexity index is 425. The molecule has 0 aromatic rings. The molecule has 0 aromatic heterocycles. The normalized spacial score (nSPS) is 31.0. The first-order valence-electron chi connectivity index (χ1n) is 7.45. The van der Waals surface area contributed by atoms with E-state index in [1.807, 2.05) is 0 Å². The molecule has 2 rings (SSSR count). The number of primary amides is 1. The minimum Gasteiger partial charge on any atom is -0.368 e. The number of nitrogens with zero attached hydrogens (tertiary/aromatic N) is 1. The Balaban J connectivity index is 1.98. The Kier molecular flexibility index (Phi) is 4.16. The lowest BCUT2D eigenvalue weighted by Crippen LogP contribution is -2.67. The standard InChI is InChI=1S/C15H24N2O3/c1-10-5-7-15(8-6-10)9-17(14(15)20)12(13(16)19)4-3-11(2)18/h10,12H,3-9H2,1-2H3,(H2,16,19). The van der Waals surface area contributed by atoms with Crippen molar-refractivity contribution in [3.8, 4) is 0 Å². The summed E-state index contributed by atoms with van der Waals surface area (Å²) in [5.41, 5.74) is 5.15. The van der Waals surface area contributed by atoms with E-state index < -0.39 is 11.9 Å². The highest BCUT2D eigenvalue weighted by Gasteiger charge is 2.55. The van der Waals surface area contributed by atoms with Gasteiger partial charge in [-0.2, -0.15) is 0 Å². The number of β-lactam (4-membered cyclic amide) rings is 1. The van der Waals surface area contributed by atoms with Crippen molar-refractivity contribution in [2.24, 2.45) is 17.1 Å². The maximum absolute atomic E-state index is 12.5. The van der Waals surface area contributed by atoms with E-state index in [4.69, 9.17) is 5.73 Å². The molecule has 2 aliphatic rings. The van der Waals surface area contributed by atoms with Crippen LogP contribution in [0.25, 0.3) is 0 Å². The van der Waals surface area contributed by atoms with Gasteiger partial charge in [0.25, 0.3) is 0 Å². The first-order chi connectivity index (χ1) is 9.35. The highest BCUT2D eigenvalue weighted by atomic mass is 16.2. The molecule has 1 heterocycles. The quantitative estimate of drug-likeness (QED) is 0.770. The average Bonchev–Trinajstić information content (AvgIpc) is 2.39. The van der Waals surface area contributed by atoms with Gasteiger partial charge in [-0.1, -0.05) is 6.92 Å². The van der Waals surface area contributed by atoms with Crippen molar-refractivity contribution in [3.05, 3.63) is 0 Å². The zero-order valence-corrected chi connectivity index (χ0v) is 12.4. The SMILES string of the molecule is CC(=O)CCC(C(N)=O)N1CC2(CCC(C)CC2)C1=O. The molecule has 5 nitrogen and oxygen atoms in total. The number of rotatable bonds is 5. The second-order valence-corrected chi connectivity index (χ2v) is 6.55. The van der Waals surface area contributed by atoms with Gasteiger partial charge in [0.1, 0.15) is 11.8 Å². The molecule has 2 amide bonds. The van der Waals surface area contributed by atoms with Crippen LogP contribution in [0, 0.1) is 11.3 Å². The van der Waals surface area contributed by atoms with E-state index in [-0.39, 0.29) is 17.1 Å². The number of ketones is 1. The van der Waals surface area contributed by atoms with Gasteiger partial charge in [-0.25, -0.2) is 0 Å². The molecule has 2 fully saturated rings. The van der Waals surface area contributed by atoms with E-state index in [1.165, 1.54) is 6.92 Å². The highest BCUT2D eigenvalue weighted by molar-refractivity contribution is 5.94. The van der Waals surface area contributed by atoms with E-state index in [0.717, 1.165) is 25.7 Å². The number of Topliss-reactive ketones (excluding diaryl/α,β-unsaturated/α-hetero) is 1. The topological polar surface area (TPSA) is 80.5 Å². The van der Waals surface area contributed by atoms with Crippen LogP contribution in [-0.4, -0.2) is 35.1 Å². The Labute approximate surface area is 119 Å². The fourth-order valence-electron chi connectivity index (χ4n) is 3.41. The zero-order chi connectivity index (χ0) is 14.9. The average molecular weight is 280 g/mol. The van der Waals surface area contributed by atoms with Crippen LogP contribution in [0.1, 0.15) is 52.4 Å². The summed E-state index contributed by atoms with van der Waals surface area (Å²) in [6, 6.07) is -0.614. The molecule has 0 radical (unpaired) electrons. The predicted molar refractivity (Wildman–Crippen MR) is 74.7 cm³/mol. The van der Waals surface area contributed by atoms with Crippen LogP contribution < -0.4 is 5.73 Å². The summed E-state index contributed by atoms with van der Waals surface area (Å²) in [6.45, 7) is 4.33. The van der Waals surface area contributed by atoms with Crippen LogP contribution in [0.2, 0.25) is 0 Å². The first kappa shape index (κ1) is 15.0. The van der Waals surface area contributed by atoms with E-state index in [9.17, 15) is 14.4 Å². The lowest BCUT2D eigenvalue weighted by molar-refractivity contribution is -0.171. The van der Waals surface area contributed by atoms with Crippen LogP contribution in [0.4, 0.5) is 0 Å². The number of hydrogen-bond acceptors (Lipinski definition) is 3. The monoisotopic (exact) mass is 280 g/mol. The van der Waals surface area contributed by atoms with Gasteiger partial charge in [-0.05, 0) is 44.9 Å². The molecule has 0 bridgehead atoms. The van der Waals surface area contributed by atoms with Crippen LogP contribution in [0.15, 0.2) is 0 Å². The summed E-state index contributed by atoms with van der Waals surface area (Å²) in [7, 11) is 0. The van der Waals surface area contributed by atoms with Gasteiger partial charge < -0.3 is 15.4 Å². The van der Waals surface area contributed by atoms with Crippen LogP contribution >= 0.6 is 0 Å².